The van der Waals surface area contributed by atoms with Crippen molar-refractivity contribution in [3.8, 4) is 11.4 Å². The number of piperidine rings is 1. The van der Waals surface area contributed by atoms with Crippen LogP contribution in [-0.4, -0.2) is 39.0 Å². The lowest BCUT2D eigenvalue weighted by Crippen LogP contribution is -2.40. The van der Waals surface area contributed by atoms with Gasteiger partial charge < -0.3 is 9.84 Å². The summed E-state index contributed by atoms with van der Waals surface area (Å²) < 4.78 is 6.34. The second-order valence-corrected chi connectivity index (χ2v) is 8.17. The standard InChI is InChI=1S/C21H22BrN5O2/c1-14-5-2-3-7-17(14)20-25-19(29-26-20)13-27-10-4-6-15(12-27)21(28)24-18-9-8-16(22)11-23-18/h2-3,5,7-9,11,15H,4,6,10,12-13H2,1H3,(H,23,24,28). The molecule has 1 saturated heterocycles. The summed E-state index contributed by atoms with van der Waals surface area (Å²) in [5.74, 6) is 1.64. The minimum atomic E-state index is -0.0899. The molecule has 1 atom stereocenters. The molecule has 3 heterocycles. The number of likely N-dealkylation sites (tertiary alicyclic amines) is 1. The molecule has 1 aromatic carbocycles. The zero-order valence-electron chi connectivity index (χ0n) is 16.1. The van der Waals surface area contributed by atoms with Crippen LogP contribution in [0.4, 0.5) is 5.82 Å². The molecule has 0 spiro atoms. The Morgan fingerprint density at radius 1 is 1.31 bits per heavy atom. The zero-order chi connectivity index (χ0) is 20.2. The van der Waals surface area contributed by atoms with Gasteiger partial charge in [-0.2, -0.15) is 4.98 Å². The fourth-order valence-electron chi connectivity index (χ4n) is 3.53. The molecule has 150 valence electrons. The molecule has 1 N–H and O–H groups in total. The van der Waals surface area contributed by atoms with Crippen LogP contribution in [0.5, 0.6) is 0 Å². The third kappa shape index (κ3) is 4.89. The van der Waals surface area contributed by atoms with Crippen LogP contribution in [0, 0.1) is 12.8 Å². The van der Waals surface area contributed by atoms with Gasteiger partial charge in [0, 0.05) is 22.8 Å². The number of hydrogen-bond donors (Lipinski definition) is 1. The molecule has 1 aliphatic heterocycles. The van der Waals surface area contributed by atoms with Gasteiger partial charge in [-0.3, -0.25) is 9.69 Å². The van der Waals surface area contributed by atoms with Crippen LogP contribution < -0.4 is 5.32 Å². The maximum Gasteiger partial charge on any atom is 0.241 e. The summed E-state index contributed by atoms with van der Waals surface area (Å²) in [6, 6.07) is 11.6. The van der Waals surface area contributed by atoms with Crippen molar-refractivity contribution in [3.05, 3.63) is 58.5 Å². The minimum Gasteiger partial charge on any atom is -0.338 e. The number of rotatable bonds is 5. The molecule has 8 heteroatoms. The van der Waals surface area contributed by atoms with Crippen molar-refractivity contribution in [1.82, 2.24) is 20.0 Å². The maximum absolute atomic E-state index is 12.6. The Hall–Kier alpha value is -2.58. The van der Waals surface area contributed by atoms with Gasteiger partial charge in [0.05, 0.1) is 12.5 Å². The molecule has 3 aromatic rings. The van der Waals surface area contributed by atoms with Gasteiger partial charge in [0.15, 0.2) is 0 Å². The topological polar surface area (TPSA) is 84.2 Å². The highest BCUT2D eigenvalue weighted by Crippen LogP contribution is 2.23. The predicted molar refractivity (Wildman–Crippen MR) is 113 cm³/mol. The van der Waals surface area contributed by atoms with E-state index < -0.39 is 0 Å². The number of aromatic nitrogens is 3. The molecule has 4 rings (SSSR count). The Bertz CT molecular complexity index is 989. The first-order valence-corrected chi connectivity index (χ1v) is 10.4. The molecule has 2 aromatic heterocycles. The van der Waals surface area contributed by atoms with Crippen molar-refractivity contribution in [2.45, 2.75) is 26.3 Å². The van der Waals surface area contributed by atoms with Gasteiger partial charge in [-0.25, -0.2) is 4.98 Å². The number of halogens is 1. The highest BCUT2D eigenvalue weighted by molar-refractivity contribution is 9.10. The van der Waals surface area contributed by atoms with E-state index in [2.05, 4.69) is 41.3 Å². The molecule has 1 aliphatic rings. The van der Waals surface area contributed by atoms with Crippen LogP contribution >= 0.6 is 15.9 Å². The fourth-order valence-corrected chi connectivity index (χ4v) is 3.77. The lowest BCUT2D eigenvalue weighted by molar-refractivity contribution is -0.121. The third-order valence-electron chi connectivity index (χ3n) is 5.07. The zero-order valence-corrected chi connectivity index (χ0v) is 17.7. The van der Waals surface area contributed by atoms with E-state index in [-0.39, 0.29) is 11.8 Å². The van der Waals surface area contributed by atoms with Crippen LogP contribution in [-0.2, 0) is 11.3 Å². The van der Waals surface area contributed by atoms with Crippen molar-refractivity contribution in [3.63, 3.8) is 0 Å². The number of anilines is 1. The first-order valence-electron chi connectivity index (χ1n) is 9.62. The number of carbonyl (C=O) groups excluding carboxylic acids is 1. The smallest absolute Gasteiger partial charge is 0.241 e. The summed E-state index contributed by atoms with van der Waals surface area (Å²) in [5, 5.41) is 7.03. The van der Waals surface area contributed by atoms with Crippen molar-refractivity contribution >= 4 is 27.7 Å². The fraction of sp³-hybridized carbons (Fsp3) is 0.333. The van der Waals surface area contributed by atoms with Gasteiger partial charge in [-0.1, -0.05) is 29.4 Å². The Kier molecular flexibility index (Phi) is 6.01. The highest BCUT2D eigenvalue weighted by atomic mass is 79.9. The number of hydrogen-bond acceptors (Lipinski definition) is 6. The number of carbonyl (C=O) groups is 1. The van der Waals surface area contributed by atoms with Gasteiger partial charge in [0.1, 0.15) is 5.82 Å². The minimum absolute atomic E-state index is 0.00403. The van der Waals surface area contributed by atoms with Crippen LogP contribution in [0.15, 0.2) is 51.6 Å². The van der Waals surface area contributed by atoms with Crippen molar-refractivity contribution in [2.24, 2.45) is 5.92 Å². The first kappa shape index (κ1) is 19.7. The van der Waals surface area contributed by atoms with E-state index in [9.17, 15) is 4.79 Å². The van der Waals surface area contributed by atoms with E-state index in [0.29, 0.717) is 30.6 Å². The molecule has 7 nitrogen and oxygen atoms in total. The molecule has 0 saturated carbocycles. The van der Waals surface area contributed by atoms with Crippen molar-refractivity contribution in [2.75, 3.05) is 18.4 Å². The quantitative estimate of drug-likeness (QED) is 0.624. The van der Waals surface area contributed by atoms with E-state index in [1.807, 2.05) is 37.3 Å². The molecule has 0 radical (unpaired) electrons. The number of pyridine rings is 1. The molecule has 0 bridgehead atoms. The van der Waals surface area contributed by atoms with E-state index in [1.54, 1.807) is 12.3 Å². The van der Waals surface area contributed by atoms with Gasteiger partial charge in [-0.05, 0) is 59.9 Å². The summed E-state index contributed by atoms with van der Waals surface area (Å²) in [5.41, 5.74) is 2.08. The monoisotopic (exact) mass is 455 g/mol. The predicted octanol–water partition coefficient (Wildman–Crippen LogP) is 4.05. The second kappa shape index (κ2) is 8.84. The van der Waals surface area contributed by atoms with E-state index in [1.165, 1.54) is 0 Å². The van der Waals surface area contributed by atoms with E-state index in [0.717, 1.165) is 35.0 Å². The molecule has 29 heavy (non-hydrogen) atoms. The van der Waals surface area contributed by atoms with Crippen LogP contribution in [0.1, 0.15) is 24.3 Å². The normalized spacial score (nSPS) is 17.2. The van der Waals surface area contributed by atoms with Gasteiger partial charge in [0.25, 0.3) is 0 Å². The molecule has 1 fully saturated rings. The number of benzene rings is 1. The Labute approximate surface area is 177 Å². The number of nitrogens with one attached hydrogen (secondary N) is 1. The summed E-state index contributed by atoms with van der Waals surface area (Å²) >= 11 is 3.35. The lowest BCUT2D eigenvalue weighted by Gasteiger charge is -2.30. The largest absolute Gasteiger partial charge is 0.338 e. The van der Waals surface area contributed by atoms with Crippen LogP contribution in [0.2, 0.25) is 0 Å². The van der Waals surface area contributed by atoms with Gasteiger partial charge in [0.2, 0.25) is 17.6 Å². The summed E-state index contributed by atoms with van der Waals surface area (Å²) in [4.78, 5) is 23.6. The maximum atomic E-state index is 12.6. The third-order valence-corrected chi connectivity index (χ3v) is 5.54. The SMILES string of the molecule is Cc1ccccc1-c1noc(CN2CCCC(C(=O)Nc3ccc(Br)cn3)C2)n1. The average Bonchev–Trinajstić information content (AvgIpc) is 3.18. The number of nitrogens with zero attached hydrogens (tertiary/aromatic N) is 4. The highest BCUT2D eigenvalue weighted by Gasteiger charge is 2.27. The average molecular weight is 456 g/mol. The first-order chi connectivity index (χ1) is 14.1. The van der Waals surface area contributed by atoms with Gasteiger partial charge in [-0.15, -0.1) is 0 Å². The Morgan fingerprint density at radius 3 is 2.97 bits per heavy atom. The Morgan fingerprint density at radius 2 is 2.17 bits per heavy atom. The number of amides is 1. The Balaban J connectivity index is 1.37. The van der Waals surface area contributed by atoms with Crippen LogP contribution in [0.25, 0.3) is 11.4 Å². The molecule has 1 unspecified atom stereocenters. The van der Waals surface area contributed by atoms with Crippen molar-refractivity contribution < 1.29 is 9.32 Å². The van der Waals surface area contributed by atoms with E-state index in [4.69, 9.17) is 4.52 Å². The molecule has 1 amide bonds. The second-order valence-electron chi connectivity index (χ2n) is 7.25. The van der Waals surface area contributed by atoms with Crippen LogP contribution in [0.3, 0.4) is 0 Å². The van der Waals surface area contributed by atoms with Gasteiger partial charge >= 0.3 is 0 Å². The molecular formula is C21H22BrN5O2. The summed E-state index contributed by atoms with van der Waals surface area (Å²) in [7, 11) is 0. The lowest BCUT2D eigenvalue weighted by atomic mass is 9.97. The van der Waals surface area contributed by atoms with Crippen molar-refractivity contribution in [1.29, 1.82) is 0 Å². The summed E-state index contributed by atoms with van der Waals surface area (Å²) in [6.45, 7) is 4.13. The van der Waals surface area contributed by atoms with E-state index >= 15 is 0 Å². The number of aryl methyl sites for hydroxylation is 1. The molecule has 0 aliphatic carbocycles. The summed E-state index contributed by atoms with van der Waals surface area (Å²) in [6.07, 6.45) is 3.48. The molecular weight excluding hydrogens is 434 g/mol.